The summed E-state index contributed by atoms with van der Waals surface area (Å²) in [5, 5.41) is 1.98. The van der Waals surface area contributed by atoms with Gasteiger partial charge in [0.15, 0.2) is 0 Å². The van der Waals surface area contributed by atoms with Crippen LogP contribution in [0, 0.1) is 0 Å². The van der Waals surface area contributed by atoms with Crippen LogP contribution in [0.4, 0.5) is 0 Å². The highest BCUT2D eigenvalue weighted by molar-refractivity contribution is 6.31. The Morgan fingerprint density at radius 3 is 2.65 bits per heavy atom. The fraction of sp³-hybridized carbons (Fsp3) is 0.111. The van der Waals surface area contributed by atoms with Crippen LogP contribution < -0.4 is 0 Å². The Balaban J connectivity index is 1.84. The molecule has 5 heteroatoms. The molecule has 2 aromatic carbocycles. The molecule has 0 saturated heterocycles. The second kappa shape index (κ2) is 6.57. The van der Waals surface area contributed by atoms with E-state index in [1.807, 2.05) is 36.4 Å². The molecule has 3 nitrogen and oxygen atoms in total. The molecule has 0 fully saturated rings. The SMILES string of the molecule is CN(Cc1ccccc1Cl)C(=O)c1ccc2nc(Cl)ccc2c1. The summed E-state index contributed by atoms with van der Waals surface area (Å²) in [6.45, 7) is 0.454. The van der Waals surface area contributed by atoms with Crippen molar-refractivity contribution in [3.63, 3.8) is 0 Å². The summed E-state index contributed by atoms with van der Waals surface area (Å²) in [6, 6.07) is 16.5. The van der Waals surface area contributed by atoms with Crippen molar-refractivity contribution < 1.29 is 4.79 Å². The minimum Gasteiger partial charge on any atom is -0.337 e. The number of carbonyl (C=O) groups excluding carboxylic acids is 1. The van der Waals surface area contributed by atoms with Crippen molar-refractivity contribution in [3.8, 4) is 0 Å². The normalized spacial score (nSPS) is 10.7. The molecular weight excluding hydrogens is 331 g/mol. The van der Waals surface area contributed by atoms with E-state index in [0.29, 0.717) is 22.3 Å². The fourth-order valence-corrected chi connectivity index (χ4v) is 2.76. The molecule has 116 valence electrons. The molecule has 0 atom stereocenters. The quantitative estimate of drug-likeness (QED) is 0.638. The van der Waals surface area contributed by atoms with Crippen molar-refractivity contribution in [2.75, 3.05) is 7.05 Å². The van der Waals surface area contributed by atoms with Gasteiger partial charge in [-0.15, -0.1) is 0 Å². The lowest BCUT2D eigenvalue weighted by Crippen LogP contribution is -2.26. The van der Waals surface area contributed by atoms with E-state index >= 15 is 0 Å². The van der Waals surface area contributed by atoms with Gasteiger partial charge < -0.3 is 4.90 Å². The minimum atomic E-state index is -0.0678. The number of nitrogens with zero attached hydrogens (tertiary/aromatic N) is 2. The van der Waals surface area contributed by atoms with E-state index in [1.54, 1.807) is 30.1 Å². The molecule has 1 amide bonds. The third-order valence-electron chi connectivity index (χ3n) is 3.61. The van der Waals surface area contributed by atoms with Gasteiger partial charge >= 0.3 is 0 Å². The number of pyridine rings is 1. The summed E-state index contributed by atoms with van der Waals surface area (Å²) >= 11 is 12.0. The van der Waals surface area contributed by atoms with Crippen molar-refractivity contribution in [2.24, 2.45) is 0 Å². The number of rotatable bonds is 3. The summed E-state index contributed by atoms with van der Waals surface area (Å²) < 4.78 is 0. The van der Waals surface area contributed by atoms with Crippen molar-refractivity contribution in [2.45, 2.75) is 6.54 Å². The molecule has 0 bridgehead atoms. The number of benzene rings is 2. The van der Waals surface area contributed by atoms with E-state index in [1.165, 1.54) is 0 Å². The minimum absolute atomic E-state index is 0.0678. The third-order valence-corrected chi connectivity index (χ3v) is 4.19. The molecule has 23 heavy (non-hydrogen) atoms. The topological polar surface area (TPSA) is 33.2 Å². The number of fused-ring (bicyclic) bond motifs is 1. The van der Waals surface area contributed by atoms with E-state index in [4.69, 9.17) is 23.2 Å². The zero-order valence-electron chi connectivity index (χ0n) is 12.5. The Labute approximate surface area is 144 Å². The van der Waals surface area contributed by atoms with Crippen LogP contribution in [-0.4, -0.2) is 22.8 Å². The summed E-state index contributed by atoms with van der Waals surface area (Å²) in [5.74, 6) is -0.0678. The van der Waals surface area contributed by atoms with Gasteiger partial charge in [-0.3, -0.25) is 4.79 Å². The van der Waals surface area contributed by atoms with Crippen LogP contribution in [0.15, 0.2) is 54.6 Å². The van der Waals surface area contributed by atoms with Crippen LogP contribution in [0.2, 0.25) is 10.2 Å². The van der Waals surface area contributed by atoms with Gasteiger partial charge in [0.05, 0.1) is 5.52 Å². The predicted octanol–water partition coefficient (Wildman–Crippen LogP) is 4.81. The van der Waals surface area contributed by atoms with E-state index in [-0.39, 0.29) is 5.91 Å². The number of amides is 1. The second-order valence-electron chi connectivity index (χ2n) is 5.29. The molecule has 3 rings (SSSR count). The average molecular weight is 345 g/mol. The lowest BCUT2D eigenvalue weighted by atomic mass is 10.1. The van der Waals surface area contributed by atoms with E-state index in [0.717, 1.165) is 16.5 Å². The van der Waals surface area contributed by atoms with Gasteiger partial charge in [-0.25, -0.2) is 4.98 Å². The Bertz CT molecular complexity index is 880. The van der Waals surface area contributed by atoms with Gasteiger partial charge in [0.25, 0.3) is 5.91 Å². The summed E-state index contributed by atoms with van der Waals surface area (Å²) in [5.41, 5.74) is 2.29. The third kappa shape index (κ3) is 3.46. The van der Waals surface area contributed by atoms with Gasteiger partial charge in [0, 0.05) is 29.6 Å². The van der Waals surface area contributed by atoms with Gasteiger partial charge in [0.1, 0.15) is 5.15 Å². The molecule has 0 aliphatic heterocycles. The molecule has 0 unspecified atom stereocenters. The molecular formula is C18H14Cl2N2O. The van der Waals surface area contributed by atoms with Crippen molar-refractivity contribution in [1.29, 1.82) is 0 Å². The maximum absolute atomic E-state index is 12.6. The molecule has 0 aliphatic rings. The maximum atomic E-state index is 12.6. The number of carbonyl (C=O) groups is 1. The van der Waals surface area contributed by atoms with Gasteiger partial charge in [-0.1, -0.05) is 41.4 Å². The summed E-state index contributed by atoms with van der Waals surface area (Å²) in [4.78, 5) is 18.5. The largest absolute Gasteiger partial charge is 0.337 e. The van der Waals surface area contributed by atoms with Crippen molar-refractivity contribution in [3.05, 3.63) is 75.9 Å². The monoisotopic (exact) mass is 344 g/mol. The lowest BCUT2D eigenvalue weighted by molar-refractivity contribution is 0.0785. The molecule has 0 N–H and O–H groups in total. The first-order valence-corrected chi connectivity index (χ1v) is 7.85. The Morgan fingerprint density at radius 2 is 1.87 bits per heavy atom. The molecule has 1 heterocycles. The molecule has 0 spiro atoms. The van der Waals surface area contributed by atoms with Crippen LogP contribution >= 0.6 is 23.2 Å². The van der Waals surface area contributed by atoms with Crippen molar-refractivity contribution >= 4 is 40.0 Å². The highest BCUT2D eigenvalue weighted by atomic mass is 35.5. The van der Waals surface area contributed by atoms with Crippen LogP contribution in [0.25, 0.3) is 10.9 Å². The molecule has 3 aromatic rings. The van der Waals surface area contributed by atoms with Crippen LogP contribution in [-0.2, 0) is 6.54 Å². The number of hydrogen-bond acceptors (Lipinski definition) is 2. The average Bonchev–Trinajstić information content (AvgIpc) is 2.55. The Morgan fingerprint density at radius 1 is 1.09 bits per heavy atom. The van der Waals surface area contributed by atoms with Gasteiger partial charge in [-0.05, 0) is 42.0 Å². The van der Waals surface area contributed by atoms with Crippen LogP contribution in [0.1, 0.15) is 15.9 Å². The Hall–Kier alpha value is -2.10. The fourth-order valence-electron chi connectivity index (χ4n) is 2.41. The second-order valence-corrected chi connectivity index (χ2v) is 6.09. The molecule has 0 radical (unpaired) electrons. The smallest absolute Gasteiger partial charge is 0.253 e. The first kappa shape index (κ1) is 15.8. The maximum Gasteiger partial charge on any atom is 0.253 e. The highest BCUT2D eigenvalue weighted by Crippen LogP contribution is 2.20. The van der Waals surface area contributed by atoms with Crippen LogP contribution in [0.5, 0.6) is 0 Å². The number of hydrogen-bond donors (Lipinski definition) is 0. The van der Waals surface area contributed by atoms with Crippen LogP contribution in [0.3, 0.4) is 0 Å². The first-order chi connectivity index (χ1) is 11.0. The molecule has 0 saturated carbocycles. The van der Waals surface area contributed by atoms with E-state index < -0.39 is 0 Å². The number of aromatic nitrogens is 1. The first-order valence-electron chi connectivity index (χ1n) is 7.10. The van der Waals surface area contributed by atoms with Gasteiger partial charge in [0.2, 0.25) is 0 Å². The van der Waals surface area contributed by atoms with E-state index in [2.05, 4.69) is 4.98 Å². The van der Waals surface area contributed by atoms with Crippen molar-refractivity contribution in [1.82, 2.24) is 9.88 Å². The summed E-state index contributed by atoms with van der Waals surface area (Å²) in [6.07, 6.45) is 0. The highest BCUT2D eigenvalue weighted by Gasteiger charge is 2.14. The molecule has 0 aliphatic carbocycles. The standard InChI is InChI=1S/C18H14Cl2N2O/c1-22(11-14-4-2-3-5-15(14)19)18(23)13-6-8-16-12(10-13)7-9-17(20)21-16/h2-10H,11H2,1H3. The lowest BCUT2D eigenvalue weighted by Gasteiger charge is -2.18. The zero-order valence-corrected chi connectivity index (χ0v) is 14.0. The zero-order chi connectivity index (χ0) is 16.4. The number of halogens is 2. The molecule has 1 aromatic heterocycles. The van der Waals surface area contributed by atoms with Gasteiger partial charge in [-0.2, -0.15) is 0 Å². The predicted molar refractivity (Wildman–Crippen MR) is 94.0 cm³/mol. The van der Waals surface area contributed by atoms with E-state index in [9.17, 15) is 4.79 Å². The summed E-state index contributed by atoms with van der Waals surface area (Å²) in [7, 11) is 1.76. The Kier molecular flexibility index (Phi) is 4.51.